The van der Waals surface area contributed by atoms with Gasteiger partial charge in [0.25, 0.3) is 0 Å². The Balaban J connectivity index is 2.65. The van der Waals surface area contributed by atoms with E-state index in [0.717, 1.165) is 6.42 Å². The molecule has 0 spiro atoms. The predicted octanol–water partition coefficient (Wildman–Crippen LogP) is 2.21. The molecule has 0 saturated carbocycles. The van der Waals surface area contributed by atoms with Crippen molar-refractivity contribution in [2.75, 3.05) is 25.5 Å². The summed E-state index contributed by atoms with van der Waals surface area (Å²) in [5, 5.41) is 0. The van der Waals surface area contributed by atoms with E-state index < -0.39 is 0 Å². The minimum Gasteiger partial charge on any atom is -0.378 e. The van der Waals surface area contributed by atoms with Gasteiger partial charge in [-0.3, -0.25) is 0 Å². The fourth-order valence-electron chi connectivity index (χ4n) is 1.15. The van der Waals surface area contributed by atoms with Crippen molar-refractivity contribution in [2.24, 2.45) is 0 Å². The van der Waals surface area contributed by atoms with Crippen LogP contribution in [-0.4, -0.2) is 20.6 Å². The van der Waals surface area contributed by atoms with Crippen molar-refractivity contribution in [3.63, 3.8) is 0 Å². The van der Waals surface area contributed by atoms with Gasteiger partial charge in [0.05, 0.1) is 0 Å². The van der Waals surface area contributed by atoms with Crippen LogP contribution in [0.3, 0.4) is 0 Å². The second kappa shape index (κ2) is 4.51. The summed E-state index contributed by atoms with van der Waals surface area (Å²) in [5.41, 5.74) is 2.44. The van der Waals surface area contributed by atoms with E-state index in [-0.39, 0.29) is 0 Å². The summed E-state index contributed by atoms with van der Waals surface area (Å²) in [6, 6.07) is 8.33. The molecule has 1 rings (SSSR count). The maximum absolute atomic E-state index is 6.68. The van der Waals surface area contributed by atoms with Crippen molar-refractivity contribution in [1.82, 2.24) is 0 Å². The fourth-order valence-corrected chi connectivity index (χ4v) is 1.15. The van der Waals surface area contributed by atoms with Crippen LogP contribution in [-0.2, 0) is 6.42 Å². The van der Waals surface area contributed by atoms with Gasteiger partial charge < -0.3 is 9.74 Å². The highest BCUT2D eigenvalue weighted by atomic mass is 15.1. The van der Waals surface area contributed by atoms with Gasteiger partial charge in [-0.25, -0.2) is 6.57 Å². The standard InChI is InChI=1S/C11H14N2/c1-12-9-8-10-4-6-11(7-5-10)13(2)3/h4-7H,8-9H2,2-3H3. The Morgan fingerprint density at radius 2 is 1.85 bits per heavy atom. The summed E-state index contributed by atoms with van der Waals surface area (Å²) in [4.78, 5) is 5.40. The largest absolute Gasteiger partial charge is 0.378 e. The molecule has 0 aliphatic heterocycles. The lowest BCUT2D eigenvalue weighted by atomic mass is 10.1. The Hall–Kier alpha value is -1.49. The average molecular weight is 174 g/mol. The Morgan fingerprint density at radius 3 is 2.31 bits per heavy atom. The van der Waals surface area contributed by atoms with Crippen molar-refractivity contribution in [3.05, 3.63) is 41.2 Å². The normalized spacial score (nSPS) is 9.31. The van der Waals surface area contributed by atoms with Gasteiger partial charge in [-0.2, -0.15) is 0 Å². The Morgan fingerprint density at radius 1 is 1.23 bits per heavy atom. The van der Waals surface area contributed by atoms with E-state index in [1.807, 2.05) is 14.1 Å². The molecule has 13 heavy (non-hydrogen) atoms. The third-order valence-corrected chi connectivity index (χ3v) is 1.97. The van der Waals surface area contributed by atoms with Gasteiger partial charge in [-0.1, -0.05) is 12.1 Å². The smallest absolute Gasteiger partial charge is 0.218 e. The zero-order chi connectivity index (χ0) is 9.68. The molecule has 0 saturated heterocycles. The summed E-state index contributed by atoms with van der Waals surface area (Å²) in [7, 11) is 4.04. The number of rotatable bonds is 3. The van der Waals surface area contributed by atoms with E-state index in [0.29, 0.717) is 6.54 Å². The molecule has 68 valence electrons. The minimum atomic E-state index is 0.585. The Kier molecular flexibility index (Phi) is 3.33. The number of hydrogen-bond acceptors (Lipinski definition) is 1. The molecule has 0 bridgehead atoms. The zero-order valence-corrected chi connectivity index (χ0v) is 8.12. The van der Waals surface area contributed by atoms with Crippen molar-refractivity contribution in [2.45, 2.75) is 6.42 Å². The van der Waals surface area contributed by atoms with Gasteiger partial charge in [0.2, 0.25) is 6.54 Å². The van der Waals surface area contributed by atoms with Gasteiger partial charge in [0.15, 0.2) is 0 Å². The van der Waals surface area contributed by atoms with E-state index in [1.165, 1.54) is 11.3 Å². The second-order valence-corrected chi connectivity index (χ2v) is 3.19. The van der Waals surface area contributed by atoms with Crippen molar-refractivity contribution in [3.8, 4) is 0 Å². The molecule has 1 aromatic carbocycles. The summed E-state index contributed by atoms with van der Waals surface area (Å²) >= 11 is 0. The lowest BCUT2D eigenvalue weighted by Gasteiger charge is -2.11. The van der Waals surface area contributed by atoms with Gasteiger partial charge >= 0.3 is 0 Å². The number of anilines is 1. The van der Waals surface area contributed by atoms with Crippen molar-refractivity contribution in [1.29, 1.82) is 0 Å². The summed E-state index contributed by atoms with van der Waals surface area (Å²) < 4.78 is 0. The van der Waals surface area contributed by atoms with Gasteiger partial charge in [-0.15, -0.1) is 0 Å². The first-order valence-corrected chi connectivity index (χ1v) is 4.33. The quantitative estimate of drug-likeness (QED) is 0.637. The molecule has 0 fully saturated rings. The van der Waals surface area contributed by atoms with Crippen molar-refractivity contribution >= 4 is 5.69 Å². The Bertz CT molecular complexity index is 293. The Labute approximate surface area is 79.6 Å². The molecule has 0 aromatic heterocycles. The number of nitrogens with zero attached hydrogens (tertiary/aromatic N) is 2. The van der Waals surface area contributed by atoms with Gasteiger partial charge in [0, 0.05) is 26.2 Å². The first-order valence-electron chi connectivity index (χ1n) is 4.33. The fraction of sp³-hybridized carbons (Fsp3) is 0.364. The predicted molar refractivity (Wildman–Crippen MR) is 55.9 cm³/mol. The summed E-state index contributed by atoms with van der Waals surface area (Å²) in [6.45, 7) is 7.26. The molecule has 0 aliphatic carbocycles. The van der Waals surface area contributed by atoms with Crippen LogP contribution in [0.1, 0.15) is 5.56 Å². The van der Waals surface area contributed by atoms with Crippen LogP contribution in [0.15, 0.2) is 24.3 Å². The molecule has 0 radical (unpaired) electrons. The third-order valence-electron chi connectivity index (χ3n) is 1.97. The van der Waals surface area contributed by atoms with E-state index in [9.17, 15) is 0 Å². The molecule has 1 aromatic rings. The maximum Gasteiger partial charge on any atom is 0.218 e. The van der Waals surface area contributed by atoms with Crippen LogP contribution in [0, 0.1) is 6.57 Å². The minimum absolute atomic E-state index is 0.585. The third kappa shape index (κ3) is 2.79. The maximum atomic E-state index is 6.68. The molecule has 0 heterocycles. The topological polar surface area (TPSA) is 7.60 Å². The zero-order valence-electron chi connectivity index (χ0n) is 8.12. The molecule has 0 atom stereocenters. The average Bonchev–Trinajstić information content (AvgIpc) is 2.15. The monoisotopic (exact) mass is 174 g/mol. The van der Waals surface area contributed by atoms with E-state index in [4.69, 9.17) is 6.57 Å². The molecule has 0 N–H and O–H groups in total. The first-order chi connectivity index (χ1) is 6.24. The summed E-state index contributed by atoms with van der Waals surface area (Å²) in [5.74, 6) is 0. The van der Waals surface area contributed by atoms with Crippen LogP contribution in [0.2, 0.25) is 0 Å². The van der Waals surface area contributed by atoms with Crippen LogP contribution in [0.25, 0.3) is 4.85 Å². The number of benzene rings is 1. The highest BCUT2D eigenvalue weighted by Gasteiger charge is 1.96. The van der Waals surface area contributed by atoms with E-state index in [1.54, 1.807) is 0 Å². The molecule has 2 nitrogen and oxygen atoms in total. The molecule has 0 unspecified atom stereocenters. The summed E-state index contributed by atoms with van der Waals surface area (Å²) in [6.07, 6.45) is 0.858. The van der Waals surface area contributed by atoms with Crippen LogP contribution >= 0.6 is 0 Å². The lowest BCUT2D eigenvalue weighted by molar-refractivity contribution is 1.07. The molecule has 2 heteroatoms. The van der Waals surface area contributed by atoms with Crippen LogP contribution in [0.5, 0.6) is 0 Å². The lowest BCUT2D eigenvalue weighted by Crippen LogP contribution is -2.08. The SMILES string of the molecule is [C-]#[N+]CCc1ccc(N(C)C)cc1. The van der Waals surface area contributed by atoms with Crippen LogP contribution < -0.4 is 4.90 Å². The van der Waals surface area contributed by atoms with E-state index >= 15 is 0 Å². The molecular formula is C11H14N2. The molecule has 0 amide bonds. The van der Waals surface area contributed by atoms with E-state index in [2.05, 4.69) is 34.0 Å². The highest BCUT2D eigenvalue weighted by Crippen LogP contribution is 2.12. The first kappa shape index (κ1) is 9.60. The van der Waals surface area contributed by atoms with Gasteiger partial charge in [-0.05, 0) is 17.7 Å². The van der Waals surface area contributed by atoms with Crippen LogP contribution in [0.4, 0.5) is 5.69 Å². The molecular weight excluding hydrogens is 160 g/mol. The van der Waals surface area contributed by atoms with Gasteiger partial charge in [0.1, 0.15) is 0 Å². The number of hydrogen-bond donors (Lipinski definition) is 0. The molecule has 0 aliphatic rings. The second-order valence-electron chi connectivity index (χ2n) is 3.19. The highest BCUT2D eigenvalue weighted by molar-refractivity contribution is 5.46. The van der Waals surface area contributed by atoms with Crippen molar-refractivity contribution < 1.29 is 0 Å².